The van der Waals surface area contributed by atoms with Crippen molar-refractivity contribution in [3.63, 3.8) is 0 Å². The van der Waals surface area contributed by atoms with Gasteiger partial charge in [-0.25, -0.2) is 0 Å². The summed E-state index contributed by atoms with van der Waals surface area (Å²) >= 11 is 0. The van der Waals surface area contributed by atoms with Crippen molar-refractivity contribution in [1.82, 2.24) is 0 Å². The SMILES string of the molecule is CCCCCC#CCC#CCC#CCC#CCCCC(N)=O. The predicted molar refractivity (Wildman–Crippen MR) is 92.1 cm³/mol. The smallest absolute Gasteiger partial charge is 0.217 e. The van der Waals surface area contributed by atoms with E-state index in [0.717, 1.165) is 12.8 Å². The number of nitrogens with two attached hydrogens (primary N) is 1. The number of carbonyl (C=O) groups is 1. The fourth-order valence-corrected chi connectivity index (χ4v) is 1.50. The predicted octanol–water partition coefficient (Wildman–Crippen LogP) is 3.41. The van der Waals surface area contributed by atoms with Gasteiger partial charge in [-0.1, -0.05) is 55.3 Å². The van der Waals surface area contributed by atoms with E-state index in [2.05, 4.69) is 54.3 Å². The Balaban J connectivity index is 3.58. The first-order chi connectivity index (χ1) is 10.8. The van der Waals surface area contributed by atoms with Gasteiger partial charge >= 0.3 is 0 Å². The second kappa shape index (κ2) is 16.8. The quantitative estimate of drug-likeness (QED) is 0.592. The van der Waals surface area contributed by atoms with Crippen LogP contribution in [0, 0.1) is 47.4 Å². The van der Waals surface area contributed by atoms with Crippen LogP contribution in [0.5, 0.6) is 0 Å². The van der Waals surface area contributed by atoms with Crippen LogP contribution in [-0.2, 0) is 4.79 Å². The van der Waals surface area contributed by atoms with E-state index in [1.165, 1.54) is 19.3 Å². The standard InChI is InChI=1S/C20H25NO/c1-2-3-4-5-6-7-8-9-10-11-12-13-14-15-16-17-18-19-20(21)22/h2-5,8,11,14,17-19H2,1H3,(H2,21,22). The summed E-state index contributed by atoms with van der Waals surface area (Å²) in [6.45, 7) is 2.19. The van der Waals surface area contributed by atoms with Crippen LogP contribution >= 0.6 is 0 Å². The van der Waals surface area contributed by atoms with Crippen LogP contribution in [0.15, 0.2) is 0 Å². The monoisotopic (exact) mass is 295 g/mol. The third-order valence-electron chi connectivity index (χ3n) is 2.66. The van der Waals surface area contributed by atoms with Gasteiger partial charge in [-0.3, -0.25) is 4.79 Å². The molecule has 116 valence electrons. The Morgan fingerprint density at radius 1 is 0.727 bits per heavy atom. The number of rotatable bonds is 6. The lowest BCUT2D eigenvalue weighted by atomic mass is 10.2. The maximum atomic E-state index is 10.5. The first kappa shape index (κ1) is 19.7. The number of unbranched alkanes of at least 4 members (excludes halogenated alkanes) is 4. The molecule has 0 saturated heterocycles. The van der Waals surface area contributed by atoms with Crippen molar-refractivity contribution in [3.05, 3.63) is 0 Å². The van der Waals surface area contributed by atoms with Gasteiger partial charge in [-0.15, -0.1) is 11.8 Å². The van der Waals surface area contributed by atoms with E-state index in [9.17, 15) is 4.79 Å². The van der Waals surface area contributed by atoms with Crippen LogP contribution < -0.4 is 5.73 Å². The highest BCUT2D eigenvalue weighted by molar-refractivity contribution is 5.73. The summed E-state index contributed by atoms with van der Waals surface area (Å²) in [7, 11) is 0. The van der Waals surface area contributed by atoms with E-state index in [1.54, 1.807) is 0 Å². The zero-order valence-electron chi connectivity index (χ0n) is 13.6. The Labute approximate surface area is 135 Å². The fraction of sp³-hybridized carbons (Fsp3) is 0.550. The van der Waals surface area contributed by atoms with Crippen LogP contribution in [0.3, 0.4) is 0 Å². The van der Waals surface area contributed by atoms with E-state index in [4.69, 9.17) is 5.73 Å². The van der Waals surface area contributed by atoms with Gasteiger partial charge in [0, 0.05) is 19.3 Å². The van der Waals surface area contributed by atoms with Crippen molar-refractivity contribution in [1.29, 1.82) is 0 Å². The molecule has 0 aromatic heterocycles. The number of primary amides is 1. The lowest BCUT2D eigenvalue weighted by Gasteiger charge is -1.87. The molecule has 0 atom stereocenters. The van der Waals surface area contributed by atoms with Crippen LogP contribution in [0.2, 0.25) is 0 Å². The van der Waals surface area contributed by atoms with E-state index >= 15 is 0 Å². The first-order valence-corrected chi connectivity index (χ1v) is 7.88. The lowest BCUT2D eigenvalue weighted by Crippen LogP contribution is -2.09. The molecule has 0 aliphatic carbocycles. The third kappa shape index (κ3) is 17.7. The van der Waals surface area contributed by atoms with Gasteiger partial charge in [0.1, 0.15) is 0 Å². The molecule has 0 aliphatic rings. The minimum Gasteiger partial charge on any atom is -0.370 e. The molecule has 2 heteroatoms. The Hall–Kier alpha value is -2.29. The van der Waals surface area contributed by atoms with Gasteiger partial charge in [0.05, 0.1) is 19.3 Å². The van der Waals surface area contributed by atoms with Crippen LogP contribution in [-0.4, -0.2) is 5.91 Å². The van der Waals surface area contributed by atoms with Crippen LogP contribution in [0.4, 0.5) is 0 Å². The van der Waals surface area contributed by atoms with Crippen molar-refractivity contribution in [2.75, 3.05) is 0 Å². The van der Waals surface area contributed by atoms with Gasteiger partial charge in [-0.05, 0) is 12.8 Å². The average Bonchev–Trinajstić information content (AvgIpc) is 2.50. The molecule has 0 aliphatic heterocycles. The van der Waals surface area contributed by atoms with Gasteiger partial charge < -0.3 is 5.73 Å². The van der Waals surface area contributed by atoms with Crippen molar-refractivity contribution in [3.8, 4) is 47.4 Å². The summed E-state index contributed by atoms with van der Waals surface area (Å²) in [5.74, 6) is 23.7. The molecule has 2 nitrogen and oxygen atoms in total. The van der Waals surface area contributed by atoms with E-state index in [-0.39, 0.29) is 5.91 Å². The highest BCUT2D eigenvalue weighted by atomic mass is 16.1. The molecule has 0 rings (SSSR count). The third-order valence-corrected chi connectivity index (χ3v) is 2.66. The Morgan fingerprint density at radius 2 is 1.18 bits per heavy atom. The van der Waals surface area contributed by atoms with Crippen molar-refractivity contribution in [2.24, 2.45) is 5.73 Å². The topological polar surface area (TPSA) is 43.1 Å². The first-order valence-electron chi connectivity index (χ1n) is 7.88. The number of carbonyl (C=O) groups excluding carboxylic acids is 1. The van der Waals surface area contributed by atoms with Crippen molar-refractivity contribution >= 4 is 5.91 Å². The van der Waals surface area contributed by atoms with E-state index in [0.29, 0.717) is 32.1 Å². The zero-order chi connectivity index (χ0) is 16.3. The van der Waals surface area contributed by atoms with Gasteiger partial charge in [-0.2, -0.15) is 0 Å². The summed E-state index contributed by atoms with van der Waals surface area (Å²) in [4.78, 5) is 10.5. The Kier molecular flexibility index (Phi) is 15.0. The van der Waals surface area contributed by atoms with Gasteiger partial charge in [0.2, 0.25) is 5.91 Å². The minimum atomic E-state index is -0.272. The second-order valence-corrected chi connectivity index (χ2v) is 4.72. The number of hydrogen-bond acceptors (Lipinski definition) is 1. The zero-order valence-corrected chi connectivity index (χ0v) is 13.6. The Morgan fingerprint density at radius 3 is 1.64 bits per heavy atom. The number of amides is 1. The van der Waals surface area contributed by atoms with E-state index in [1.807, 2.05) is 0 Å². The van der Waals surface area contributed by atoms with Gasteiger partial charge in [0.15, 0.2) is 0 Å². The molecule has 0 spiro atoms. The van der Waals surface area contributed by atoms with Crippen LogP contribution in [0.1, 0.15) is 71.1 Å². The summed E-state index contributed by atoms with van der Waals surface area (Å²) in [6, 6.07) is 0. The Bertz CT molecular complexity index is 543. The molecule has 0 aromatic rings. The maximum absolute atomic E-state index is 10.5. The molecule has 1 amide bonds. The summed E-state index contributed by atoms with van der Waals surface area (Å²) in [6.07, 6.45) is 8.23. The van der Waals surface area contributed by atoms with Gasteiger partial charge in [0.25, 0.3) is 0 Å². The molecule has 0 aromatic carbocycles. The second-order valence-electron chi connectivity index (χ2n) is 4.72. The lowest BCUT2D eigenvalue weighted by molar-refractivity contribution is -0.118. The maximum Gasteiger partial charge on any atom is 0.217 e. The molecule has 0 bridgehead atoms. The summed E-state index contributed by atoms with van der Waals surface area (Å²) in [5, 5.41) is 0. The van der Waals surface area contributed by atoms with Crippen LogP contribution in [0.25, 0.3) is 0 Å². The molecular formula is C20H25NO. The summed E-state index contributed by atoms with van der Waals surface area (Å²) in [5.41, 5.74) is 5.03. The molecule has 0 saturated carbocycles. The summed E-state index contributed by atoms with van der Waals surface area (Å²) < 4.78 is 0. The van der Waals surface area contributed by atoms with Crippen molar-refractivity contribution < 1.29 is 4.79 Å². The highest BCUT2D eigenvalue weighted by Gasteiger charge is 1.90. The fourth-order valence-electron chi connectivity index (χ4n) is 1.50. The molecule has 0 heterocycles. The molecule has 0 unspecified atom stereocenters. The minimum absolute atomic E-state index is 0.272. The average molecular weight is 295 g/mol. The molecule has 2 N–H and O–H groups in total. The van der Waals surface area contributed by atoms with E-state index < -0.39 is 0 Å². The highest BCUT2D eigenvalue weighted by Crippen LogP contribution is 1.96. The molecule has 0 radical (unpaired) electrons. The largest absolute Gasteiger partial charge is 0.370 e. The molecular weight excluding hydrogens is 270 g/mol. The normalized spacial score (nSPS) is 8.05. The number of hydrogen-bond donors (Lipinski definition) is 1. The molecule has 0 fully saturated rings. The molecule has 22 heavy (non-hydrogen) atoms. The van der Waals surface area contributed by atoms with Crippen molar-refractivity contribution in [2.45, 2.75) is 71.1 Å².